The quantitative estimate of drug-likeness (QED) is 0.558. The van der Waals surface area contributed by atoms with E-state index < -0.39 is 61.4 Å². The van der Waals surface area contributed by atoms with E-state index in [0.717, 1.165) is 19.2 Å². The van der Waals surface area contributed by atoms with Gasteiger partial charge in [0.25, 0.3) is 10.0 Å². The molecule has 0 fully saturated rings. The second-order valence-corrected chi connectivity index (χ2v) is 7.18. The van der Waals surface area contributed by atoms with E-state index in [1.165, 1.54) is 4.72 Å². The Bertz CT molecular complexity index is 1010. The molecule has 0 aliphatic carbocycles. The number of nitrogens with one attached hydrogen (secondary N) is 1. The summed E-state index contributed by atoms with van der Waals surface area (Å²) in [6.45, 7) is 0. The van der Waals surface area contributed by atoms with E-state index in [-0.39, 0.29) is 18.2 Å². The minimum atomic E-state index is -5.21. The normalized spacial score (nSPS) is 12.6. The first kappa shape index (κ1) is 22.5. The third kappa shape index (κ3) is 5.16. The van der Waals surface area contributed by atoms with Crippen LogP contribution in [-0.2, 0) is 27.1 Å². The van der Waals surface area contributed by atoms with Crippen molar-refractivity contribution in [3.05, 3.63) is 58.9 Å². The maximum atomic E-state index is 13.5. The van der Waals surface area contributed by atoms with Gasteiger partial charge >= 0.3 is 18.3 Å². The van der Waals surface area contributed by atoms with Gasteiger partial charge in [0, 0.05) is 0 Å². The molecule has 2 rings (SSSR count). The Kier molecular flexibility index (Phi) is 5.84. The number of rotatable bonds is 4. The molecular formula is C16H10F7NO4S. The van der Waals surface area contributed by atoms with Crippen molar-refractivity contribution in [1.29, 1.82) is 0 Å². The van der Waals surface area contributed by atoms with Crippen molar-refractivity contribution in [2.45, 2.75) is 17.2 Å². The van der Waals surface area contributed by atoms with E-state index in [1.807, 2.05) is 0 Å². The number of carbonyl (C=O) groups excluding carboxylic acids is 1. The number of alkyl halides is 6. The average Bonchev–Trinajstić information content (AvgIpc) is 2.58. The van der Waals surface area contributed by atoms with Crippen LogP contribution in [0.4, 0.5) is 36.4 Å². The number of halogens is 7. The Morgan fingerprint density at radius 3 is 1.90 bits per heavy atom. The first-order chi connectivity index (χ1) is 13.1. The van der Waals surface area contributed by atoms with E-state index in [4.69, 9.17) is 0 Å². The van der Waals surface area contributed by atoms with Crippen LogP contribution in [0.25, 0.3) is 0 Å². The number of methoxy groups -OCH3 is 1. The predicted octanol–water partition coefficient (Wildman–Crippen LogP) is 4.45. The number of benzene rings is 2. The van der Waals surface area contributed by atoms with Crippen molar-refractivity contribution in [3.8, 4) is 0 Å². The first-order valence-corrected chi connectivity index (χ1v) is 8.83. The van der Waals surface area contributed by atoms with Crippen LogP contribution in [0.3, 0.4) is 0 Å². The third-order valence-electron chi connectivity index (χ3n) is 3.48. The third-order valence-corrected chi connectivity index (χ3v) is 4.90. The summed E-state index contributed by atoms with van der Waals surface area (Å²) in [5.74, 6) is -2.34. The SMILES string of the molecule is COC(=O)c1ccc(F)cc1S(=O)(=O)Nc1cc(C(F)(F)F)cc(C(F)(F)F)c1. The van der Waals surface area contributed by atoms with Gasteiger partial charge < -0.3 is 4.74 Å². The molecule has 2 aromatic carbocycles. The Morgan fingerprint density at radius 1 is 0.931 bits per heavy atom. The Balaban J connectivity index is 2.62. The largest absolute Gasteiger partial charge is 0.465 e. The molecule has 2 aromatic rings. The molecule has 0 saturated carbocycles. The zero-order valence-electron chi connectivity index (χ0n) is 14.2. The molecule has 158 valence electrons. The Labute approximate surface area is 159 Å². The smallest absolute Gasteiger partial charge is 0.416 e. The Hall–Kier alpha value is -2.83. The van der Waals surface area contributed by atoms with E-state index in [0.29, 0.717) is 6.07 Å². The van der Waals surface area contributed by atoms with Gasteiger partial charge in [-0.05, 0) is 36.4 Å². The molecular weight excluding hydrogens is 435 g/mol. The van der Waals surface area contributed by atoms with Crippen molar-refractivity contribution < 1.29 is 48.7 Å². The van der Waals surface area contributed by atoms with E-state index in [9.17, 15) is 43.9 Å². The van der Waals surface area contributed by atoms with Gasteiger partial charge in [-0.3, -0.25) is 4.72 Å². The van der Waals surface area contributed by atoms with Crippen LogP contribution >= 0.6 is 0 Å². The fourth-order valence-corrected chi connectivity index (χ4v) is 3.47. The monoisotopic (exact) mass is 445 g/mol. The minimum Gasteiger partial charge on any atom is -0.465 e. The maximum Gasteiger partial charge on any atom is 0.416 e. The second kappa shape index (κ2) is 7.54. The fourth-order valence-electron chi connectivity index (χ4n) is 2.22. The summed E-state index contributed by atoms with van der Waals surface area (Å²) in [5.41, 5.74) is -5.30. The molecule has 0 saturated heterocycles. The van der Waals surface area contributed by atoms with Crippen LogP contribution in [-0.4, -0.2) is 21.5 Å². The van der Waals surface area contributed by atoms with Crippen molar-refractivity contribution in [2.24, 2.45) is 0 Å². The van der Waals surface area contributed by atoms with E-state index in [1.54, 1.807) is 0 Å². The van der Waals surface area contributed by atoms with Gasteiger partial charge in [0.15, 0.2) is 0 Å². The first-order valence-electron chi connectivity index (χ1n) is 7.35. The fraction of sp³-hybridized carbons (Fsp3) is 0.188. The lowest BCUT2D eigenvalue weighted by Crippen LogP contribution is -2.19. The lowest BCUT2D eigenvalue weighted by atomic mass is 10.1. The van der Waals surface area contributed by atoms with Gasteiger partial charge in [0.1, 0.15) is 10.7 Å². The molecule has 0 aliphatic heterocycles. The number of anilines is 1. The number of hydrogen-bond donors (Lipinski definition) is 1. The van der Waals surface area contributed by atoms with Gasteiger partial charge in [-0.25, -0.2) is 17.6 Å². The summed E-state index contributed by atoms with van der Waals surface area (Å²) in [7, 11) is -4.08. The molecule has 0 radical (unpaired) electrons. The van der Waals surface area contributed by atoms with Gasteiger partial charge in [-0.1, -0.05) is 0 Å². The summed E-state index contributed by atoms with van der Waals surface area (Å²) in [6, 6.07) is 1.89. The number of ether oxygens (including phenoxy) is 1. The molecule has 13 heteroatoms. The highest BCUT2D eigenvalue weighted by Gasteiger charge is 2.37. The highest BCUT2D eigenvalue weighted by molar-refractivity contribution is 7.92. The highest BCUT2D eigenvalue weighted by Crippen LogP contribution is 2.38. The second-order valence-electron chi connectivity index (χ2n) is 5.53. The maximum absolute atomic E-state index is 13.5. The van der Waals surface area contributed by atoms with Crippen LogP contribution in [0.1, 0.15) is 21.5 Å². The number of hydrogen-bond acceptors (Lipinski definition) is 4. The van der Waals surface area contributed by atoms with Crippen molar-refractivity contribution >= 4 is 21.7 Å². The molecule has 0 heterocycles. The molecule has 0 unspecified atom stereocenters. The van der Waals surface area contributed by atoms with E-state index in [2.05, 4.69) is 4.74 Å². The lowest BCUT2D eigenvalue weighted by Gasteiger charge is -2.16. The summed E-state index contributed by atoms with van der Waals surface area (Å²) >= 11 is 0. The topological polar surface area (TPSA) is 72.5 Å². The Morgan fingerprint density at radius 2 is 1.45 bits per heavy atom. The van der Waals surface area contributed by atoms with Crippen LogP contribution in [0.15, 0.2) is 41.3 Å². The molecule has 29 heavy (non-hydrogen) atoms. The van der Waals surface area contributed by atoms with Crippen LogP contribution in [0.5, 0.6) is 0 Å². The molecule has 0 aromatic heterocycles. The summed E-state index contributed by atoms with van der Waals surface area (Å²) in [5, 5.41) is 0. The highest BCUT2D eigenvalue weighted by atomic mass is 32.2. The van der Waals surface area contributed by atoms with Crippen LogP contribution in [0, 0.1) is 5.82 Å². The summed E-state index contributed by atoms with van der Waals surface area (Å²) in [6.07, 6.45) is -10.4. The van der Waals surface area contributed by atoms with Crippen LogP contribution < -0.4 is 4.72 Å². The number of esters is 1. The molecule has 0 atom stereocenters. The standard InChI is InChI=1S/C16H10F7NO4S/c1-28-14(25)12-3-2-10(17)7-13(12)29(26,27)24-11-5-8(15(18,19)20)4-9(6-11)16(21,22)23/h2-7,24H,1H3. The zero-order chi connectivity index (χ0) is 22.2. The zero-order valence-corrected chi connectivity index (χ0v) is 15.0. The molecule has 1 N–H and O–H groups in total. The lowest BCUT2D eigenvalue weighted by molar-refractivity contribution is -0.143. The number of carbonyl (C=O) groups is 1. The molecule has 0 spiro atoms. The molecule has 0 bridgehead atoms. The predicted molar refractivity (Wildman–Crippen MR) is 85.0 cm³/mol. The van der Waals surface area contributed by atoms with E-state index >= 15 is 0 Å². The molecule has 0 amide bonds. The van der Waals surface area contributed by atoms with Gasteiger partial charge in [0.2, 0.25) is 0 Å². The van der Waals surface area contributed by atoms with Crippen molar-refractivity contribution in [3.63, 3.8) is 0 Å². The minimum absolute atomic E-state index is 0.129. The summed E-state index contributed by atoms with van der Waals surface area (Å²) in [4.78, 5) is 10.6. The average molecular weight is 445 g/mol. The van der Waals surface area contributed by atoms with Crippen molar-refractivity contribution in [2.75, 3.05) is 11.8 Å². The number of sulfonamides is 1. The molecule has 5 nitrogen and oxygen atoms in total. The van der Waals surface area contributed by atoms with Gasteiger partial charge in [0.05, 0.1) is 29.5 Å². The van der Waals surface area contributed by atoms with Gasteiger partial charge in [-0.15, -0.1) is 0 Å². The molecule has 0 aliphatic rings. The summed E-state index contributed by atoms with van der Waals surface area (Å²) < 4.78 is 122. The van der Waals surface area contributed by atoms with Gasteiger partial charge in [-0.2, -0.15) is 26.3 Å². The van der Waals surface area contributed by atoms with Crippen LogP contribution in [0.2, 0.25) is 0 Å². The van der Waals surface area contributed by atoms with Crippen molar-refractivity contribution in [1.82, 2.24) is 0 Å².